The molecule has 1 unspecified atom stereocenters. The van der Waals surface area contributed by atoms with Crippen LogP contribution in [-0.2, 0) is 4.74 Å². The van der Waals surface area contributed by atoms with Crippen molar-refractivity contribution >= 4 is 5.91 Å². The number of carbonyl (C=O) groups is 1. The van der Waals surface area contributed by atoms with Crippen molar-refractivity contribution in [2.75, 3.05) is 47.1 Å². The fourth-order valence-corrected chi connectivity index (χ4v) is 3.29. The molecule has 1 saturated heterocycles. The zero-order valence-corrected chi connectivity index (χ0v) is 16.1. The van der Waals surface area contributed by atoms with E-state index in [0.717, 1.165) is 18.7 Å². The van der Waals surface area contributed by atoms with Crippen LogP contribution >= 0.6 is 0 Å². The molecule has 0 spiro atoms. The second-order valence-corrected chi connectivity index (χ2v) is 6.53. The number of methoxy groups -OCH3 is 2. The Morgan fingerprint density at radius 2 is 1.82 bits per heavy atom. The highest BCUT2D eigenvalue weighted by Gasteiger charge is 2.24. The fraction of sp³-hybridized carbons (Fsp3) is 0.381. The van der Waals surface area contributed by atoms with E-state index >= 15 is 0 Å². The Balaban J connectivity index is 1.76. The third-order valence-electron chi connectivity index (χ3n) is 4.79. The maximum absolute atomic E-state index is 13.8. The van der Waals surface area contributed by atoms with E-state index in [9.17, 15) is 9.18 Å². The van der Waals surface area contributed by atoms with Gasteiger partial charge >= 0.3 is 0 Å². The van der Waals surface area contributed by atoms with Crippen molar-refractivity contribution in [2.24, 2.45) is 0 Å². The summed E-state index contributed by atoms with van der Waals surface area (Å²) >= 11 is 0. The minimum atomic E-state index is -0.292. The van der Waals surface area contributed by atoms with Crippen molar-refractivity contribution in [3.8, 4) is 11.5 Å². The van der Waals surface area contributed by atoms with Crippen LogP contribution < -0.4 is 14.8 Å². The molecule has 2 aromatic rings. The van der Waals surface area contributed by atoms with Crippen LogP contribution in [0.15, 0.2) is 42.5 Å². The summed E-state index contributed by atoms with van der Waals surface area (Å²) in [5.41, 5.74) is 1.27. The number of carbonyl (C=O) groups excluding carboxylic acids is 1. The first-order valence-electron chi connectivity index (χ1n) is 9.19. The van der Waals surface area contributed by atoms with Gasteiger partial charge in [0.2, 0.25) is 0 Å². The van der Waals surface area contributed by atoms with Crippen LogP contribution in [0.1, 0.15) is 22.0 Å². The summed E-state index contributed by atoms with van der Waals surface area (Å²) in [6, 6.07) is 11.4. The maximum Gasteiger partial charge on any atom is 0.251 e. The minimum Gasteiger partial charge on any atom is -0.497 e. The number of hydrogen-bond acceptors (Lipinski definition) is 5. The number of hydrogen-bond donors (Lipinski definition) is 1. The van der Waals surface area contributed by atoms with E-state index in [1.807, 2.05) is 6.07 Å². The summed E-state index contributed by atoms with van der Waals surface area (Å²) in [7, 11) is 3.07. The lowest BCUT2D eigenvalue weighted by atomic mass is 10.0. The topological polar surface area (TPSA) is 60.0 Å². The van der Waals surface area contributed by atoms with Crippen molar-refractivity contribution in [2.45, 2.75) is 6.04 Å². The number of amides is 1. The van der Waals surface area contributed by atoms with E-state index in [1.54, 1.807) is 24.3 Å². The third-order valence-corrected chi connectivity index (χ3v) is 4.79. The summed E-state index contributed by atoms with van der Waals surface area (Å²) in [6.07, 6.45) is 0. The zero-order chi connectivity index (χ0) is 19.9. The molecule has 0 saturated carbocycles. The van der Waals surface area contributed by atoms with Gasteiger partial charge < -0.3 is 19.5 Å². The Bertz CT molecular complexity index is 786. The number of ether oxygens (including phenoxy) is 3. The number of benzene rings is 2. The monoisotopic (exact) mass is 388 g/mol. The highest BCUT2D eigenvalue weighted by molar-refractivity contribution is 5.95. The van der Waals surface area contributed by atoms with E-state index in [0.29, 0.717) is 36.8 Å². The van der Waals surface area contributed by atoms with Crippen LogP contribution in [0.3, 0.4) is 0 Å². The fourth-order valence-electron chi connectivity index (χ4n) is 3.29. The average molecular weight is 388 g/mol. The standard InChI is InChI=1S/C21H25FN2O4/c1-26-18-11-16(12-19(13-18)27-2)21(25)23-14-20(24-6-8-28-9-7-24)15-4-3-5-17(22)10-15/h3-5,10-13,20H,6-9,14H2,1-2H3,(H,23,25). The lowest BCUT2D eigenvalue weighted by molar-refractivity contribution is 0.0162. The van der Waals surface area contributed by atoms with Crippen LogP contribution in [0.5, 0.6) is 11.5 Å². The van der Waals surface area contributed by atoms with Gasteiger partial charge in [-0.2, -0.15) is 0 Å². The molecular weight excluding hydrogens is 363 g/mol. The van der Waals surface area contributed by atoms with E-state index in [2.05, 4.69) is 10.2 Å². The molecule has 150 valence electrons. The molecule has 0 bridgehead atoms. The van der Waals surface area contributed by atoms with Crippen LogP contribution in [0.2, 0.25) is 0 Å². The van der Waals surface area contributed by atoms with E-state index in [4.69, 9.17) is 14.2 Å². The second-order valence-electron chi connectivity index (χ2n) is 6.53. The predicted octanol–water partition coefficient (Wildman–Crippen LogP) is 2.65. The lowest BCUT2D eigenvalue weighted by Crippen LogP contribution is -2.43. The van der Waals surface area contributed by atoms with Crippen LogP contribution in [0, 0.1) is 5.82 Å². The van der Waals surface area contributed by atoms with Gasteiger partial charge in [-0.1, -0.05) is 12.1 Å². The molecule has 1 atom stereocenters. The summed E-state index contributed by atoms with van der Waals surface area (Å²) in [5, 5.41) is 2.96. The zero-order valence-electron chi connectivity index (χ0n) is 16.1. The summed E-state index contributed by atoms with van der Waals surface area (Å²) in [6.45, 7) is 3.04. The Hall–Kier alpha value is -2.64. The number of nitrogens with zero attached hydrogens (tertiary/aromatic N) is 1. The molecule has 3 rings (SSSR count). The first-order valence-corrected chi connectivity index (χ1v) is 9.19. The van der Waals surface area contributed by atoms with E-state index in [-0.39, 0.29) is 17.8 Å². The molecule has 2 aromatic carbocycles. The van der Waals surface area contributed by atoms with Crippen LogP contribution in [0.4, 0.5) is 4.39 Å². The molecule has 1 aliphatic rings. The average Bonchev–Trinajstić information content (AvgIpc) is 2.74. The molecule has 0 aromatic heterocycles. The van der Waals surface area contributed by atoms with Crippen molar-refractivity contribution in [3.63, 3.8) is 0 Å². The summed E-state index contributed by atoms with van der Waals surface area (Å²) in [5.74, 6) is 0.546. The Kier molecular flexibility index (Phi) is 6.84. The van der Waals surface area contributed by atoms with Crippen molar-refractivity contribution in [3.05, 3.63) is 59.4 Å². The number of morpholine rings is 1. The van der Waals surface area contributed by atoms with Gasteiger partial charge in [0.1, 0.15) is 17.3 Å². The van der Waals surface area contributed by atoms with Crippen LogP contribution in [0.25, 0.3) is 0 Å². The molecule has 1 N–H and O–H groups in total. The molecule has 7 heteroatoms. The van der Waals surface area contributed by atoms with Gasteiger partial charge in [0.25, 0.3) is 5.91 Å². The van der Waals surface area contributed by atoms with Gasteiger partial charge in [-0.15, -0.1) is 0 Å². The van der Waals surface area contributed by atoms with E-state index < -0.39 is 0 Å². The Morgan fingerprint density at radius 1 is 1.14 bits per heavy atom. The van der Waals surface area contributed by atoms with Gasteiger partial charge in [0.15, 0.2) is 0 Å². The molecule has 1 heterocycles. The molecular formula is C21H25FN2O4. The maximum atomic E-state index is 13.8. The summed E-state index contributed by atoms with van der Waals surface area (Å²) in [4.78, 5) is 14.9. The van der Waals surface area contributed by atoms with Gasteiger partial charge in [0.05, 0.1) is 33.5 Å². The third kappa shape index (κ3) is 4.99. The predicted molar refractivity (Wildman–Crippen MR) is 103 cm³/mol. The largest absolute Gasteiger partial charge is 0.497 e. The van der Waals surface area contributed by atoms with Crippen LogP contribution in [-0.4, -0.2) is 57.9 Å². The minimum absolute atomic E-state index is 0.143. The molecule has 1 aliphatic heterocycles. The van der Waals surface area contributed by atoms with Gasteiger partial charge in [0, 0.05) is 31.3 Å². The van der Waals surface area contributed by atoms with E-state index in [1.165, 1.54) is 26.4 Å². The highest BCUT2D eigenvalue weighted by atomic mass is 19.1. The molecule has 0 aliphatic carbocycles. The number of halogens is 1. The van der Waals surface area contributed by atoms with Gasteiger partial charge in [-0.3, -0.25) is 9.69 Å². The van der Waals surface area contributed by atoms with Crippen molar-refractivity contribution in [1.82, 2.24) is 10.2 Å². The highest BCUT2D eigenvalue weighted by Crippen LogP contribution is 2.24. The lowest BCUT2D eigenvalue weighted by Gasteiger charge is -2.35. The molecule has 0 radical (unpaired) electrons. The first kappa shape index (κ1) is 20.1. The van der Waals surface area contributed by atoms with Gasteiger partial charge in [-0.05, 0) is 29.8 Å². The Morgan fingerprint density at radius 3 is 2.43 bits per heavy atom. The normalized spacial score (nSPS) is 15.7. The van der Waals surface area contributed by atoms with Crippen molar-refractivity contribution < 1.29 is 23.4 Å². The molecule has 6 nitrogen and oxygen atoms in total. The number of rotatable bonds is 7. The smallest absolute Gasteiger partial charge is 0.251 e. The second kappa shape index (κ2) is 9.52. The quantitative estimate of drug-likeness (QED) is 0.790. The SMILES string of the molecule is COc1cc(OC)cc(C(=O)NCC(c2cccc(F)c2)N2CCOCC2)c1. The Labute approximate surface area is 164 Å². The summed E-state index contributed by atoms with van der Waals surface area (Å²) < 4.78 is 29.6. The van der Waals surface area contributed by atoms with Gasteiger partial charge in [-0.25, -0.2) is 4.39 Å². The first-order chi connectivity index (χ1) is 13.6. The molecule has 1 amide bonds. The molecule has 28 heavy (non-hydrogen) atoms. The molecule has 1 fully saturated rings. The van der Waals surface area contributed by atoms with Crippen molar-refractivity contribution in [1.29, 1.82) is 0 Å². The number of nitrogens with one attached hydrogen (secondary N) is 1.